The predicted octanol–water partition coefficient (Wildman–Crippen LogP) is 3.50. The average Bonchev–Trinajstić information content (AvgIpc) is 3.49. The molecule has 4 rings (SSSR count). The molecule has 1 N–H and O–H groups in total. The molecule has 0 spiro atoms. The lowest BCUT2D eigenvalue weighted by molar-refractivity contribution is -0.136. The Hall–Kier alpha value is -2.93. The van der Waals surface area contributed by atoms with E-state index in [1.165, 1.54) is 5.56 Å². The van der Waals surface area contributed by atoms with Gasteiger partial charge in [0.2, 0.25) is 11.8 Å². The summed E-state index contributed by atoms with van der Waals surface area (Å²) in [5, 5.41) is 11.3. The number of hydrogen-bond acceptors (Lipinski definition) is 4. The summed E-state index contributed by atoms with van der Waals surface area (Å²) in [4.78, 5) is 27.2. The summed E-state index contributed by atoms with van der Waals surface area (Å²) in [6, 6.07) is 11.0. The van der Waals surface area contributed by atoms with Crippen LogP contribution in [0.1, 0.15) is 24.8 Å². The highest BCUT2D eigenvalue weighted by molar-refractivity contribution is 7.07. The predicted molar refractivity (Wildman–Crippen MR) is 110 cm³/mol. The summed E-state index contributed by atoms with van der Waals surface area (Å²) in [6.07, 6.45) is 6.29. The molecule has 1 aromatic carbocycles. The zero-order valence-electron chi connectivity index (χ0n) is 15.5. The molecule has 2 amide bonds. The van der Waals surface area contributed by atoms with Gasteiger partial charge in [-0.15, -0.1) is 0 Å². The van der Waals surface area contributed by atoms with E-state index in [9.17, 15) is 9.59 Å². The topological polar surface area (TPSA) is 67.2 Å². The number of likely N-dealkylation sites (tertiary alicyclic amines) is 1. The fourth-order valence-electron chi connectivity index (χ4n) is 3.54. The molecule has 0 saturated carbocycles. The SMILES string of the molecule is O=C(Nc1cccc(-n2cccn2)c1)C1CCCN1C(=O)CCc1ccsc1. The lowest BCUT2D eigenvalue weighted by Crippen LogP contribution is -2.43. The smallest absolute Gasteiger partial charge is 0.247 e. The second kappa shape index (κ2) is 8.39. The van der Waals surface area contributed by atoms with Crippen molar-refractivity contribution in [1.82, 2.24) is 14.7 Å². The fraction of sp³-hybridized carbons (Fsp3) is 0.286. The van der Waals surface area contributed by atoms with Gasteiger partial charge in [-0.1, -0.05) is 6.07 Å². The molecule has 0 bridgehead atoms. The number of benzene rings is 1. The van der Waals surface area contributed by atoms with Gasteiger partial charge < -0.3 is 10.2 Å². The number of anilines is 1. The number of nitrogens with zero attached hydrogens (tertiary/aromatic N) is 3. The maximum absolute atomic E-state index is 12.8. The highest BCUT2D eigenvalue weighted by Gasteiger charge is 2.33. The molecule has 2 aromatic heterocycles. The maximum atomic E-state index is 12.8. The molecule has 1 atom stereocenters. The van der Waals surface area contributed by atoms with Crippen LogP contribution in [0.3, 0.4) is 0 Å². The molecular weight excluding hydrogens is 372 g/mol. The number of rotatable bonds is 6. The van der Waals surface area contributed by atoms with Crippen molar-refractivity contribution in [3.05, 3.63) is 65.1 Å². The second-order valence-electron chi connectivity index (χ2n) is 6.87. The van der Waals surface area contributed by atoms with E-state index in [2.05, 4.69) is 15.8 Å². The van der Waals surface area contributed by atoms with E-state index >= 15 is 0 Å². The van der Waals surface area contributed by atoms with Crippen LogP contribution >= 0.6 is 11.3 Å². The van der Waals surface area contributed by atoms with E-state index < -0.39 is 6.04 Å². The average molecular weight is 395 g/mol. The summed E-state index contributed by atoms with van der Waals surface area (Å²) in [5.41, 5.74) is 2.75. The van der Waals surface area contributed by atoms with Crippen molar-refractivity contribution in [2.45, 2.75) is 31.7 Å². The Bertz CT molecular complexity index is 937. The van der Waals surface area contributed by atoms with Gasteiger partial charge in [-0.3, -0.25) is 9.59 Å². The van der Waals surface area contributed by atoms with Crippen molar-refractivity contribution < 1.29 is 9.59 Å². The zero-order valence-corrected chi connectivity index (χ0v) is 16.3. The van der Waals surface area contributed by atoms with Crippen LogP contribution < -0.4 is 5.32 Å². The van der Waals surface area contributed by atoms with Gasteiger partial charge >= 0.3 is 0 Å². The van der Waals surface area contributed by atoms with E-state index in [0.29, 0.717) is 25.1 Å². The Kier molecular flexibility index (Phi) is 5.53. The molecule has 1 unspecified atom stereocenters. The van der Waals surface area contributed by atoms with Crippen LogP contribution in [0, 0.1) is 0 Å². The number of thiophene rings is 1. The van der Waals surface area contributed by atoms with Crippen LogP contribution in [0.5, 0.6) is 0 Å². The summed E-state index contributed by atoms with van der Waals surface area (Å²) in [6.45, 7) is 0.647. The molecule has 6 nitrogen and oxygen atoms in total. The van der Waals surface area contributed by atoms with Crippen LogP contribution in [-0.4, -0.2) is 39.1 Å². The lowest BCUT2D eigenvalue weighted by atomic mass is 10.1. The normalized spacial score (nSPS) is 16.3. The van der Waals surface area contributed by atoms with Gasteiger partial charge in [-0.25, -0.2) is 4.68 Å². The van der Waals surface area contributed by atoms with Crippen LogP contribution in [0.25, 0.3) is 5.69 Å². The van der Waals surface area contributed by atoms with Crippen LogP contribution in [0.2, 0.25) is 0 Å². The van der Waals surface area contributed by atoms with E-state index in [1.807, 2.05) is 48.0 Å². The number of carbonyl (C=O) groups is 2. The van der Waals surface area contributed by atoms with Gasteiger partial charge in [-0.05, 0) is 65.9 Å². The minimum absolute atomic E-state index is 0.0501. The summed E-state index contributed by atoms with van der Waals surface area (Å²) >= 11 is 1.64. The minimum atomic E-state index is -0.400. The van der Waals surface area contributed by atoms with E-state index in [0.717, 1.165) is 18.5 Å². The largest absolute Gasteiger partial charge is 0.331 e. The Morgan fingerprint density at radius 3 is 2.96 bits per heavy atom. The standard InChI is InChI=1S/C21H22N4O2S/c26-20(8-7-16-9-13-28-15-16)24-11-2-6-19(24)21(27)23-17-4-1-5-18(14-17)25-12-3-10-22-25/h1,3-5,9-10,12-15,19H,2,6-8,11H2,(H,23,27). The number of aryl methyl sites for hydroxylation is 1. The monoisotopic (exact) mass is 394 g/mol. The summed E-state index contributed by atoms with van der Waals surface area (Å²) < 4.78 is 1.74. The lowest BCUT2D eigenvalue weighted by Gasteiger charge is -2.24. The maximum Gasteiger partial charge on any atom is 0.247 e. The second-order valence-corrected chi connectivity index (χ2v) is 7.65. The molecule has 28 heavy (non-hydrogen) atoms. The highest BCUT2D eigenvalue weighted by atomic mass is 32.1. The third-order valence-corrected chi connectivity index (χ3v) is 5.70. The van der Waals surface area contributed by atoms with Crippen molar-refractivity contribution >= 4 is 28.8 Å². The third-order valence-electron chi connectivity index (χ3n) is 4.97. The van der Waals surface area contributed by atoms with Crippen molar-refractivity contribution in [3.63, 3.8) is 0 Å². The van der Waals surface area contributed by atoms with Crippen LogP contribution in [0.15, 0.2) is 59.6 Å². The number of carbonyl (C=O) groups excluding carboxylic acids is 2. The fourth-order valence-corrected chi connectivity index (χ4v) is 4.24. The first-order chi connectivity index (χ1) is 13.7. The molecular formula is C21H22N4O2S. The van der Waals surface area contributed by atoms with Crippen molar-refractivity contribution in [3.8, 4) is 5.69 Å². The van der Waals surface area contributed by atoms with Gasteiger partial charge in [0.05, 0.1) is 5.69 Å². The molecule has 1 saturated heterocycles. The van der Waals surface area contributed by atoms with Crippen molar-refractivity contribution in [2.75, 3.05) is 11.9 Å². The first-order valence-corrected chi connectivity index (χ1v) is 10.4. The first kappa shape index (κ1) is 18.4. The molecule has 1 aliphatic rings. The number of amides is 2. The molecule has 3 heterocycles. The molecule has 7 heteroatoms. The van der Waals surface area contributed by atoms with Crippen LogP contribution in [-0.2, 0) is 16.0 Å². The summed E-state index contributed by atoms with van der Waals surface area (Å²) in [7, 11) is 0. The number of nitrogens with one attached hydrogen (secondary N) is 1. The van der Waals surface area contributed by atoms with Crippen LogP contribution in [0.4, 0.5) is 5.69 Å². The highest BCUT2D eigenvalue weighted by Crippen LogP contribution is 2.22. The minimum Gasteiger partial charge on any atom is -0.331 e. The van der Waals surface area contributed by atoms with Gasteiger partial charge in [0.25, 0.3) is 0 Å². The molecule has 0 radical (unpaired) electrons. The Morgan fingerprint density at radius 2 is 2.18 bits per heavy atom. The quantitative estimate of drug-likeness (QED) is 0.696. The number of hydrogen-bond donors (Lipinski definition) is 1. The van der Waals surface area contributed by atoms with E-state index in [1.54, 1.807) is 27.1 Å². The molecule has 144 valence electrons. The molecule has 0 aliphatic carbocycles. The van der Waals surface area contributed by atoms with Gasteiger partial charge in [-0.2, -0.15) is 16.4 Å². The number of aromatic nitrogens is 2. The zero-order chi connectivity index (χ0) is 19.3. The van der Waals surface area contributed by atoms with Crippen molar-refractivity contribution in [1.29, 1.82) is 0 Å². The third kappa shape index (κ3) is 4.14. The molecule has 1 aliphatic heterocycles. The molecule has 1 fully saturated rings. The van der Waals surface area contributed by atoms with Gasteiger partial charge in [0.15, 0.2) is 0 Å². The van der Waals surface area contributed by atoms with Crippen molar-refractivity contribution in [2.24, 2.45) is 0 Å². The van der Waals surface area contributed by atoms with Gasteiger partial charge in [0.1, 0.15) is 6.04 Å². The van der Waals surface area contributed by atoms with E-state index in [-0.39, 0.29) is 11.8 Å². The Morgan fingerprint density at radius 1 is 1.25 bits per heavy atom. The van der Waals surface area contributed by atoms with Gasteiger partial charge in [0, 0.05) is 31.0 Å². The Balaban J connectivity index is 1.39. The first-order valence-electron chi connectivity index (χ1n) is 9.42. The Labute approximate surface area is 167 Å². The van der Waals surface area contributed by atoms with E-state index in [4.69, 9.17) is 0 Å². The summed E-state index contributed by atoms with van der Waals surface area (Å²) in [5.74, 6) is -0.0758. The molecule has 3 aromatic rings.